The number of rotatable bonds is 3. The summed E-state index contributed by atoms with van der Waals surface area (Å²) < 4.78 is 10.5. The van der Waals surface area contributed by atoms with Gasteiger partial charge in [0.2, 0.25) is 6.79 Å². The highest BCUT2D eigenvalue weighted by Gasteiger charge is 2.18. The van der Waals surface area contributed by atoms with E-state index >= 15 is 0 Å². The van der Waals surface area contributed by atoms with Gasteiger partial charge in [0.15, 0.2) is 17.3 Å². The molecule has 2 aliphatic rings. The molecule has 1 N–H and O–H groups in total. The summed E-state index contributed by atoms with van der Waals surface area (Å²) in [6.07, 6.45) is 0. The zero-order valence-electron chi connectivity index (χ0n) is 10.1. The van der Waals surface area contributed by atoms with Gasteiger partial charge in [-0.05, 0) is 18.2 Å². The molecule has 0 atom stereocenters. The molecule has 0 unspecified atom stereocenters. The monoisotopic (exact) mass is 248 g/mol. The van der Waals surface area contributed by atoms with E-state index in [0.29, 0.717) is 23.6 Å². The number of ether oxygens (including phenoxy) is 2. The van der Waals surface area contributed by atoms with Gasteiger partial charge in [0.1, 0.15) is 0 Å². The molecule has 18 heavy (non-hydrogen) atoms. The highest BCUT2D eigenvalue weighted by Crippen LogP contribution is 2.32. The van der Waals surface area contributed by atoms with Crippen molar-refractivity contribution in [2.24, 2.45) is 0 Å². The van der Waals surface area contributed by atoms with Crippen molar-refractivity contribution < 1.29 is 14.3 Å². The Morgan fingerprint density at radius 1 is 1.22 bits per heavy atom. The normalized spacial score (nSPS) is 18.9. The second kappa shape index (κ2) is 4.96. The van der Waals surface area contributed by atoms with E-state index in [4.69, 9.17) is 9.47 Å². The number of hydrogen-bond donors (Lipinski definition) is 1. The van der Waals surface area contributed by atoms with Crippen LogP contribution in [-0.4, -0.2) is 50.2 Å². The molecule has 96 valence electrons. The summed E-state index contributed by atoms with van der Waals surface area (Å²) in [6.45, 7) is 4.47. The quantitative estimate of drug-likeness (QED) is 0.790. The van der Waals surface area contributed by atoms with Crippen LogP contribution in [0.4, 0.5) is 0 Å². The molecule has 0 aromatic heterocycles. The molecule has 5 heteroatoms. The number of piperazine rings is 1. The molecule has 3 rings (SSSR count). The number of carbonyl (C=O) groups excluding carboxylic acids is 1. The van der Waals surface area contributed by atoms with Crippen molar-refractivity contribution in [1.29, 1.82) is 0 Å². The molecule has 5 nitrogen and oxygen atoms in total. The second-order valence-corrected chi connectivity index (χ2v) is 4.52. The summed E-state index contributed by atoms with van der Waals surface area (Å²) in [5, 5.41) is 3.27. The Hall–Kier alpha value is -1.59. The lowest BCUT2D eigenvalue weighted by Crippen LogP contribution is -2.45. The first kappa shape index (κ1) is 11.5. The minimum absolute atomic E-state index is 0.134. The van der Waals surface area contributed by atoms with Crippen LogP contribution in [0.2, 0.25) is 0 Å². The molecular formula is C13H16N2O3. The fourth-order valence-electron chi connectivity index (χ4n) is 2.23. The summed E-state index contributed by atoms with van der Waals surface area (Å²) in [5.41, 5.74) is 0.692. The first-order valence-corrected chi connectivity index (χ1v) is 6.19. The van der Waals surface area contributed by atoms with Crippen LogP contribution in [0.3, 0.4) is 0 Å². The molecule has 0 bridgehead atoms. The van der Waals surface area contributed by atoms with Crippen LogP contribution in [0.15, 0.2) is 18.2 Å². The summed E-state index contributed by atoms with van der Waals surface area (Å²) in [6, 6.07) is 5.37. The Labute approximate surface area is 106 Å². The highest BCUT2D eigenvalue weighted by atomic mass is 16.7. The van der Waals surface area contributed by atoms with Crippen LogP contribution in [0.25, 0.3) is 0 Å². The molecule has 0 radical (unpaired) electrons. The summed E-state index contributed by atoms with van der Waals surface area (Å²) in [7, 11) is 0. The van der Waals surface area contributed by atoms with E-state index in [1.54, 1.807) is 18.2 Å². The zero-order valence-corrected chi connectivity index (χ0v) is 10.1. The van der Waals surface area contributed by atoms with Gasteiger partial charge in [-0.2, -0.15) is 0 Å². The average Bonchev–Trinajstić information content (AvgIpc) is 2.87. The lowest BCUT2D eigenvalue weighted by Gasteiger charge is -2.26. The highest BCUT2D eigenvalue weighted by molar-refractivity contribution is 5.98. The third-order valence-corrected chi connectivity index (χ3v) is 3.27. The van der Waals surface area contributed by atoms with Crippen LogP contribution >= 0.6 is 0 Å². The molecule has 1 aromatic rings. The van der Waals surface area contributed by atoms with E-state index in [2.05, 4.69) is 10.2 Å². The van der Waals surface area contributed by atoms with Crippen molar-refractivity contribution in [1.82, 2.24) is 10.2 Å². The van der Waals surface area contributed by atoms with E-state index in [9.17, 15) is 4.79 Å². The van der Waals surface area contributed by atoms with Gasteiger partial charge in [-0.3, -0.25) is 9.69 Å². The number of hydrogen-bond acceptors (Lipinski definition) is 5. The standard InChI is InChI=1S/C13H16N2O3/c16-11(8-15-5-3-14-4-6-15)10-1-2-12-13(7-10)18-9-17-12/h1-2,7,14H,3-6,8-9H2. The first-order chi connectivity index (χ1) is 8.83. The topological polar surface area (TPSA) is 50.8 Å². The molecule has 0 spiro atoms. The van der Waals surface area contributed by atoms with E-state index in [1.807, 2.05) is 0 Å². The fourth-order valence-corrected chi connectivity index (χ4v) is 2.23. The van der Waals surface area contributed by atoms with Crippen molar-refractivity contribution in [3.63, 3.8) is 0 Å². The Bertz CT molecular complexity index is 456. The van der Waals surface area contributed by atoms with Crippen LogP contribution in [-0.2, 0) is 0 Å². The van der Waals surface area contributed by atoms with E-state index in [-0.39, 0.29) is 12.6 Å². The minimum atomic E-state index is 0.134. The van der Waals surface area contributed by atoms with Gasteiger partial charge >= 0.3 is 0 Å². The molecule has 0 amide bonds. The summed E-state index contributed by atoms with van der Waals surface area (Å²) in [4.78, 5) is 14.3. The van der Waals surface area contributed by atoms with Crippen LogP contribution in [0.5, 0.6) is 11.5 Å². The number of benzene rings is 1. The van der Waals surface area contributed by atoms with Crippen molar-refractivity contribution in [3.8, 4) is 11.5 Å². The van der Waals surface area contributed by atoms with Crippen LogP contribution < -0.4 is 14.8 Å². The fraction of sp³-hybridized carbons (Fsp3) is 0.462. The Morgan fingerprint density at radius 3 is 2.83 bits per heavy atom. The second-order valence-electron chi connectivity index (χ2n) is 4.52. The minimum Gasteiger partial charge on any atom is -0.454 e. The number of nitrogens with one attached hydrogen (secondary N) is 1. The lowest BCUT2D eigenvalue weighted by atomic mass is 10.1. The molecule has 1 aromatic carbocycles. The van der Waals surface area contributed by atoms with Gasteiger partial charge in [0.25, 0.3) is 0 Å². The van der Waals surface area contributed by atoms with Gasteiger partial charge in [-0.1, -0.05) is 0 Å². The maximum absolute atomic E-state index is 12.2. The first-order valence-electron chi connectivity index (χ1n) is 6.19. The van der Waals surface area contributed by atoms with Gasteiger partial charge in [-0.25, -0.2) is 0 Å². The molecular weight excluding hydrogens is 232 g/mol. The van der Waals surface area contributed by atoms with Crippen LogP contribution in [0, 0.1) is 0 Å². The van der Waals surface area contributed by atoms with Gasteiger partial charge < -0.3 is 14.8 Å². The number of ketones is 1. The molecule has 1 fully saturated rings. The molecule has 1 saturated heterocycles. The Balaban J connectivity index is 1.68. The number of nitrogens with zero attached hydrogens (tertiary/aromatic N) is 1. The molecule has 2 aliphatic heterocycles. The van der Waals surface area contributed by atoms with Gasteiger partial charge in [0.05, 0.1) is 6.54 Å². The van der Waals surface area contributed by atoms with E-state index in [1.165, 1.54) is 0 Å². The third kappa shape index (κ3) is 2.32. The van der Waals surface area contributed by atoms with E-state index < -0.39 is 0 Å². The Morgan fingerprint density at radius 2 is 2.00 bits per heavy atom. The van der Waals surface area contributed by atoms with Crippen molar-refractivity contribution in [3.05, 3.63) is 23.8 Å². The molecule has 0 aliphatic carbocycles. The van der Waals surface area contributed by atoms with E-state index in [0.717, 1.165) is 26.2 Å². The maximum Gasteiger partial charge on any atom is 0.231 e. The SMILES string of the molecule is O=C(CN1CCNCC1)c1ccc2c(c1)OCO2. The third-order valence-electron chi connectivity index (χ3n) is 3.27. The number of Topliss-reactive ketones (excluding diaryl/α,β-unsaturated/α-hetero) is 1. The Kier molecular flexibility index (Phi) is 3.17. The van der Waals surface area contributed by atoms with Crippen molar-refractivity contribution >= 4 is 5.78 Å². The van der Waals surface area contributed by atoms with Crippen LogP contribution in [0.1, 0.15) is 10.4 Å². The predicted molar refractivity (Wildman–Crippen MR) is 66.2 cm³/mol. The maximum atomic E-state index is 12.2. The predicted octanol–water partition coefficient (Wildman–Crippen LogP) is 0.503. The average molecular weight is 248 g/mol. The summed E-state index contributed by atoms with van der Waals surface area (Å²) in [5.74, 6) is 1.52. The van der Waals surface area contributed by atoms with Gasteiger partial charge in [-0.15, -0.1) is 0 Å². The zero-order chi connectivity index (χ0) is 12.4. The van der Waals surface area contributed by atoms with Crippen molar-refractivity contribution in [2.75, 3.05) is 39.5 Å². The lowest BCUT2D eigenvalue weighted by molar-refractivity contribution is 0.0921. The largest absolute Gasteiger partial charge is 0.454 e. The molecule has 2 heterocycles. The number of fused-ring (bicyclic) bond motifs is 1. The molecule has 0 saturated carbocycles. The smallest absolute Gasteiger partial charge is 0.231 e. The summed E-state index contributed by atoms with van der Waals surface area (Å²) >= 11 is 0. The van der Waals surface area contributed by atoms with Crippen molar-refractivity contribution in [2.45, 2.75) is 0 Å². The van der Waals surface area contributed by atoms with Gasteiger partial charge in [0, 0.05) is 31.7 Å². The number of carbonyl (C=O) groups is 1.